The van der Waals surface area contributed by atoms with E-state index in [1.807, 2.05) is 9.80 Å². The topological polar surface area (TPSA) is 105 Å². The first-order valence-corrected chi connectivity index (χ1v) is 10.9. The van der Waals surface area contributed by atoms with E-state index >= 15 is 0 Å². The number of piperazine rings is 1. The van der Waals surface area contributed by atoms with Gasteiger partial charge >= 0.3 is 0 Å². The van der Waals surface area contributed by atoms with Crippen molar-refractivity contribution in [2.75, 3.05) is 32.8 Å². The number of carbonyl (C=O) groups is 3. The van der Waals surface area contributed by atoms with Gasteiger partial charge < -0.3 is 25.6 Å². The number of hydrogen-bond donors (Lipinski definition) is 2. The predicted molar refractivity (Wildman–Crippen MR) is 111 cm³/mol. The monoisotopic (exact) mass is 410 g/mol. The fourth-order valence-corrected chi connectivity index (χ4v) is 4.18. The van der Waals surface area contributed by atoms with Gasteiger partial charge in [0.15, 0.2) is 0 Å². The van der Waals surface area contributed by atoms with Crippen molar-refractivity contribution in [2.45, 2.75) is 71.6 Å². The van der Waals surface area contributed by atoms with E-state index in [0.717, 1.165) is 6.42 Å². The maximum atomic E-state index is 13.4. The summed E-state index contributed by atoms with van der Waals surface area (Å²) in [7, 11) is 0. The molecule has 29 heavy (non-hydrogen) atoms. The summed E-state index contributed by atoms with van der Waals surface area (Å²) in [6, 6.07) is -0.624. The van der Waals surface area contributed by atoms with Crippen molar-refractivity contribution in [3.63, 3.8) is 0 Å². The summed E-state index contributed by atoms with van der Waals surface area (Å²) in [4.78, 5) is 41.0. The number of rotatable bonds is 9. The summed E-state index contributed by atoms with van der Waals surface area (Å²) >= 11 is 0. The summed E-state index contributed by atoms with van der Waals surface area (Å²) in [6.45, 7) is 10.7. The molecule has 0 saturated carbocycles. The average molecular weight is 411 g/mol. The second kappa shape index (κ2) is 10.9. The molecule has 8 nitrogen and oxygen atoms in total. The zero-order valence-corrected chi connectivity index (χ0v) is 18.4. The Morgan fingerprint density at radius 3 is 2.34 bits per heavy atom. The van der Waals surface area contributed by atoms with E-state index < -0.39 is 11.9 Å². The van der Waals surface area contributed by atoms with Gasteiger partial charge in [-0.15, -0.1) is 0 Å². The molecule has 2 aliphatic heterocycles. The normalized spacial score (nSPS) is 22.4. The molecular formula is C21H38N4O4. The molecule has 0 aromatic heterocycles. The molecule has 166 valence electrons. The molecule has 0 bridgehead atoms. The Hall–Kier alpha value is -1.67. The van der Waals surface area contributed by atoms with Crippen molar-refractivity contribution in [2.24, 2.45) is 17.6 Å². The van der Waals surface area contributed by atoms with Crippen molar-refractivity contribution < 1.29 is 19.1 Å². The number of likely N-dealkylation sites (tertiary alicyclic amines) is 1. The van der Waals surface area contributed by atoms with Crippen molar-refractivity contribution in [1.82, 2.24) is 15.1 Å². The standard InChI is InChI=1S/C21H38N4O4/c1-14(2)11-17-20(27)25(10-7-23-17)18(12-15(3)4)21(28)24-8-5-16(6-9-24)29-13-19(22)26/h14-18,23H,5-13H2,1-4H3,(H2,22,26). The molecule has 2 fully saturated rings. The van der Waals surface area contributed by atoms with Crippen LogP contribution < -0.4 is 11.1 Å². The number of piperidine rings is 1. The van der Waals surface area contributed by atoms with E-state index in [1.54, 1.807) is 0 Å². The molecule has 8 heteroatoms. The lowest BCUT2D eigenvalue weighted by molar-refractivity contribution is -0.151. The number of primary amides is 1. The van der Waals surface area contributed by atoms with Crippen molar-refractivity contribution >= 4 is 17.7 Å². The van der Waals surface area contributed by atoms with E-state index in [2.05, 4.69) is 33.0 Å². The minimum absolute atomic E-state index is 0.0330. The summed E-state index contributed by atoms with van der Waals surface area (Å²) in [5, 5.41) is 3.32. The first kappa shape index (κ1) is 23.6. The van der Waals surface area contributed by atoms with E-state index in [0.29, 0.717) is 57.3 Å². The van der Waals surface area contributed by atoms with Crippen LogP contribution in [-0.4, -0.2) is 78.5 Å². The van der Waals surface area contributed by atoms with Crippen LogP contribution in [0.3, 0.4) is 0 Å². The van der Waals surface area contributed by atoms with Crippen molar-refractivity contribution in [3.8, 4) is 0 Å². The highest BCUT2D eigenvalue weighted by atomic mass is 16.5. The van der Waals surface area contributed by atoms with E-state index in [9.17, 15) is 14.4 Å². The van der Waals surface area contributed by atoms with Gasteiger partial charge in [-0.25, -0.2) is 0 Å². The van der Waals surface area contributed by atoms with E-state index in [-0.39, 0.29) is 30.6 Å². The molecule has 2 atom stereocenters. The number of amides is 3. The molecule has 0 aromatic carbocycles. The molecule has 2 heterocycles. The van der Waals surface area contributed by atoms with Crippen LogP contribution in [0.4, 0.5) is 0 Å². The third-order valence-electron chi connectivity index (χ3n) is 5.60. The van der Waals surface area contributed by atoms with Crippen LogP contribution in [0.15, 0.2) is 0 Å². The molecule has 3 amide bonds. The summed E-state index contributed by atoms with van der Waals surface area (Å²) < 4.78 is 5.50. The van der Waals surface area contributed by atoms with Gasteiger partial charge in [-0.2, -0.15) is 0 Å². The Balaban J connectivity index is 2.03. The van der Waals surface area contributed by atoms with Gasteiger partial charge in [0.05, 0.1) is 12.1 Å². The highest BCUT2D eigenvalue weighted by Gasteiger charge is 2.39. The zero-order chi connectivity index (χ0) is 21.6. The number of carbonyl (C=O) groups excluding carboxylic acids is 3. The molecule has 0 spiro atoms. The second-order valence-electron chi connectivity index (χ2n) is 9.12. The largest absolute Gasteiger partial charge is 0.368 e. The van der Waals surface area contributed by atoms with Gasteiger partial charge in [0.2, 0.25) is 17.7 Å². The molecular weight excluding hydrogens is 372 g/mol. The summed E-state index contributed by atoms with van der Waals surface area (Å²) in [6.07, 6.45) is 2.75. The first-order chi connectivity index (χ1) is 13.7. The predicted octanol–water partition coefficient (Wildman–Crippen LogP) is 0.741. The third kappa shape index (κ3) is 6.96. The van der Waals surface area contributed by atoms with E-state index in [1.165, 1.54) is 0 Å². The quantitative estimate of drug-likeness (QED) is 0.583. The highest BCUT2D eigenvalue weighted by molar-refractivity contribution is 5.90. The Morgan fingerprint density at radius 2 is 1.79 bits per heavy atom. The average Bonchev–Trinajstić information content (AvgIpc) is 2.66. The summed E-state index contributed by atoms with van der Waals surface area (Å²) in [5.41, 5.74) is 5.14. The van der Waals surface area contributed by atoms with Crippen LogP contribution in [0.1, 0.15) is 53.4 Å². The fourth-order valence-electron chi connectivity index (χ4n) is 4.18. The number of hydrogen-bond acceptors (Lipinski definition) is 5. The lowest BCUT2D eigenvalue weighted by Gasteiger charge is -2.42. The Morgan fingerprint density at radius 1 is 1.14 bits per heavy atom. The highest BCUT2D eigenvalue weighted by Crippen LogP contribution is 2.22. The molecule has 0 aliphatic carbocycles. The Kier molecular flexibility index (Phi) is 8.89. The van der Waals surface area contributed by atoms with Gasteiger partial charge in [0.25, 0.3) is 0 Å². The summed E-state index contributed by atoms with van der Waals surface area (Å²) in [5.74, 6) is 0.324. The molecule has 2 saturated heterocycles. The maximum absolute atomic E-state index is 13.4. The minimum atomic E-state index is -0.478. The van der Waals surface area contributed by atoms with Crippen LogP contribution in [0.2, 0.25) is 0 Å². The van der Waals surface area contributed by atoms with Gasteiger partial charge in [0.1, 0.15) is 12.6 Å². The maximum Gasteiger partial charge on any atom is 0.245 e. The van der Waals surface area contributed by atoms with Gasteiger partial charge in [-0.1, -0.05) is 27.7 Å². The van der Waals surface area contributed by atoms with Gasteiger partial charge in [-0.3, -0.25) is 14.4 Å². The lowest BCUT2D eigenvalue weighted by Crippen LogP contribution is -2.62. The third-order valence-corrected chi connectivity index (χ3v) is 5.60. The van der Waals surface area contributed by atoms with Crippen molar-refractivity contribution in [3.05, 3.63) is 0 Å². The Bertz CT molecular complexity index is 573. The number of nitrogens with zero attached hydrogens (tertiary/aromatic N) is 2. The van der Waals surface area contributed by atoms with Crippen LogP contribution in [0.25, 0.3) is 0 Å². The van der Waals surface area contributed by atoms with Crippen LogP contribution >= 0.6 is 0 Å². The molecule has 2 aliphatic rings. The number of nitrogens with two attached hydrogens (primary N) is 1. The second-order valence-corrected chi connectivity index (χ2v) is 9.12. The number of nitrogens with one attached hydrogen (secondary N) is 1. The molecule has 3 N–H and O–H groups in total. The van der Waals surface area contributed by atoms with Crippen molar-refractivity contribution in [1.29, 1.82) is 0 Å². The van der Waals surface area contributed by atoms with Gasteiger partial charge in [-0.05, 0) is 37.5 Å². The molecule has 0 aromatic rings. The molecule has 2 rings (SSSR count). The number of ether oxygens (including phenoxy) is 1. The van der Waals surface area contributed by atoms with Gasteiger partial charge in [0, 0.05) is 26.2 Å². The smallest absolute Gasteiger partial charge is 0.245 e. The fraction of sp³-hybridized carbons (Fsp3) is 0.857. The minimum Gasteiger partial charge on any atom is -0.368 e. The Labute approximate surface area is 174 Å². The van der Waals surface area contributed by atoms with E-state index in [4.69, 9.17) is 10.5 Å². The lowest BCUT2D eigenvalue weighted by atomic mass is 9.95. The first-order valence-electron chi connectivity index (χ1n) is 10.9. The SMILES string of the molecule is CC(C)CC1NCCN(C(CC(C)C)C(=O)N2CCC(OCC(N)=O)CC2)C1=O. The zero-order valence-electron chi connectivity index (χ0n) is 18.4. The van der Waals surface area contributed by atoms with Crippen LogP contribution in [0.5, 0.6) is 0 Å². The van der Waals surface area contributed by atoms with Crippen LogP contribution in [-0.2, 0) is 19.1 Å². The van der Waals surface area contributed by atoms with Crippen LogP contribution in [0, 0.1) is 11.8 Å². The molecule has 2 unspecified atom stereocenters. The molecule has 0 radical (unpaired) electrons.